The summed E-state index contributed by atoms with van der Waals surface area (Å²) in [5, 5.41) is 0. The Morgan fingerprint density at radius 1 is 1.42 bits per heavy atom. The van der Waals surface area contributed by atoms with Crippen molar-refractivity contribution in [2.24, 2.45) is 5.92 Å². The molecule has 0 spiro atoms. The van der Waals surface area contributed by atoms with Crippen molar-refractivity contribution in [1.82, 2.24) is 0 Å². The molecule has 1 heterocycles. The highest BCUT2D eigenvalue weighted by Gasteiger charge is 2.37. The van der Waals surface area contributed by atoms with E-state index >= 15 is 0 Å². The number of methoxy groups -OCH3 is 1. The minimum atomic E-state index is -0.406. The maximum absolute atomic E-state index is 12.1. The number of esters is 1. The van der Waals surface area contributed by atoms with Crippen molar-refractivity contribution >= 4 is 23.3 Å². The van der Waals surface area contributed by atoms with Crippen LogP contribution in [0.15, 0.2) is 12.1 Å². The number of nitrogens with two attached hydrogens (primary N) is 1. The van der Waals surface area contributed by atoms with Gasteiger partial charge in [0.1, 0.15) is 0 Å². The first kappa shape index (κ1) is 13.4. The molecule has 1 unspecified atom stereocenters. The van der Waals surface area contributed by atoms with E-state index in [1.807, 2.05) is 19.9 Å². The number of benzene rings is 1. The highest BCUT2D eigenvalue weighted by Crippen LogP contribution is 2.34. The summed E-state index contributed by atoms with van der Waals surface area (Å²) in [7, 11) is 1.34. The van der Waals surface area contributed by atoms with Crippen molar-refractivity contribution in [1.29, 1.82) is 0 Å². The maximum atomic E-state index is 12.1. The predicted molar refractivity (Wildman–Crippen MR) is 72.8 cm³/mol. The fourth-order valence-electron chi connectivity index (χ4n) is 2.43. The average Bonchev–Trinajstić information content (AvgIpc) is 2.76. The van der Waals surface area contributed by atoms with E-state index in [0.717, 1.165) is 16.8 Å². The Hall–Kier alpha value is -2.04. The quantitative estimate of drug-likeness (QED) is 0.646. The Kier molecular flexibility index (Phi) is 3.46. The van der Waals surface area contributed by atoms with Gasteiger partial charge in [-0.25, -0.2) is 0 Å². The standard InChI is InChI=1S/C14H18N2O3/c1-8-4-5-11(15)13(9(8)2)16-7-10(6-12(16)17)14(18)19-3/h4-5,10H,6-7,15H2,1-3H3. The molecule has 0 aromatic heterocycles. The van der Waals surface area contributed by atoms with E-state index in [-0.39, 0.29) is 18.3 Å². The molecule has 5 nitrogen and oxygen atoms in total. The molecule has 102 valence electrons. The first-order chi connectivity index (χ1) is 8.95. The average molecular weight is 262 g/mol. The Labute approximate surface area is 112 Å². The number of amides is 1. The van der Waals surface area contributed by atoms with Gasteiger partial charge in [0.25, 0.3) is 0 Å². The molecule has 0 saturated carbocycles. The zero-order chi connectivity index (χ0) is 14.2. The van der Waals surface area contributed by atoms with Gasteiger partial charge < -0.3 is 15.4 Å². The summed E-state index contributed by atoms with van der Waals surface area (Å²) in [5.41, 5.74) is 9.29. The second-order valence-electron chi connectivity index (χ2n) is 4.87. The SMILES string of the molecule is COC(=O)C1CC(=O)N(c2c(N)ccc(C)c2C)C1. The van der Waals surface area contributed by atoms with Crippen LogP contribution in [0.1, 0.15) is 17.5 Å². The molecule has 1 saturated heterocycles. The topological polar surface area (TPSA) is 72.6 Å². The van der Waals surface area contributed by atoms with Crippen LogP contribution in [-0.2, 0) is 14.3 Å². The van der Waals surface area contributed by atoms with Crippen molar-refractivity contribution in [2.75, 3.05) is 24.3 Å². The van der Waals surface area contributed by atoms with Gasteiger partial charge in [-0.1, -0.05) is 6.07 Å². The molecule has 1 aromatic carbocycles. The number of rotatable bonds is 2. The molecule has 1 aromatic rings. The second-order valence-corrected chi connectivity index (χ2v) is 4.87. The van der Waals surface area contributed by atoms with Crippen LogP contribution in [0.25, 0.3) is 0 Å². The van der Waals surface area contributed by atoms with Crippen LogP contribution in [0.3, 0.4) is 0 Å². The van der Waals surface area contributed by atoms with Gasteiger partial charge in [-0.15, -0.1) is 0 Å². The molecule has 5 heteroatoms. The van der Waals surface area contributed by atoms with Crippen LogP contribution in [0.4, 0.5) is 11.4 Å². The zero-order valence-electron chi connectivity index (χ0n) is 11.4. The van der Waals surface area contributed by atoms with Crippen LogP contribution >= 0.6 is 0 Å². The van der Waals surface area contributed by atoms with Gasteiger partial charge >= 0.3 is 5.97 Å². The number of ether oxygens (including phenoxy) is 1. The van der Waals surface area contributed by atoms with Crippen molar-refractivity contribution in [3.8, 4) is 0 Å². The molecule has 1 atom stereocenters. The number of hydrogen-bond acceptors (Lipinski definition) is 4. The molecular formula is C14H18N2O3. The van der Waals surface area contributed by atoms with Crippen molar-refractivity contribution in [2.45, 2.75) is 20.3 Å². The van der Waals surface area contributed by atoms with Crippen molar-refractivity contribution in [3.05, 3.63) is 23.3 Å². The summed E-state index contributed by atoms with van der Waals surface area (Å²) < 4.78 is 4.70. The number of nitrogens with zero attached hydrogens (tertiary/aromatic N) is 1. The highest BCUT2D eigenvalue weighted by molar-refractivity contribution is 6.02. The zero-order valence-corrected chi connectivity index (χ0v) is 11.4. The Balaban J connectivity index is 2.36. The number of carbonyl (C=O) groups is 2. The molecule has 0 aliphatic carbocycles. The molecule has 0 bridgehead atoms. The van der Waals surface area contributed by atoms with E-state index in [2.05, 4.69) is 0 Å². The molecule has 0 radical (unpaired) electrons. The lowest BCUT2D eigenvalue weighted by Gasteiger charge is -2.22. The number of hydrogen-bond donors (Lipinski definition) is 1. The summed E-state index contributed by atoms with van der Waals surface area (Å²) >= 11 is 0. The number of carbonyl (C=O) groups excluding carboxylic acids is 2. The summed E-state index contributed by atoms with van der Waals surface area (Å²) in [6.07, 6.45) is 0.180. The fourth-order valence-corrected chi connectivity index (χ4v) is 2.43. The van der Waals surface area contributed by atoms with Crippen LogP contribution in [0, 0.1) is 19.8 Å². The first-order valence-corrected chi connectivity index (χ1v) is 6.19. The molecule has 19 heavy (non-hydrogen) atoms. The minimum Gasteiger partial charge on any atom is -0.469 e. The van der Waals surface area contributed by atoms with E-state index in [1.54, 1.807) is 11.0 Å². The van der Waals surface area contributed by atoms with Gasteiger partial charge in [-0.2, -0.15) is 0 Å². The normalized spacial score (nSPS) is 18.8. The number of anilines is 2. The monoisotopic (exact) mass is 262 g/mol. The molecule has 1 fully saturated rings. The molecule has 2 N–H and O–H groups in total. The predicted octanol–water partition coefficient (Wildman–Crippen LogP) is 1.41. The summed E-state index contributed by atoms with van der Waals surface area (Å²) in [4.78, 5) is 25.2. The first-order valence-electron chi connectivity index (χ1n) is 6.19. The lowest BCUT2D eigenvalue weighted by atomic mass is 10.1. The second kappa shape index (κ2) is 4.91. The number of aryl methyl sites for hydroxylation is 1. The molecule has 1 aliphatic heterocycles. The maximum Gasteiger partial charge on any atom is 0.311 e. The van der Waals surface area contributed by atoms with E-state index < -0.39 is 5.92 Å². The van der Waals surface area contributed by atoms with Crippen LogP contribution < -0.4 is 10.6 Å². The Bertz CT molecular complexity index is 540. The molecule has 1 amide bonds. The van der Waals surface area contributed by atoms with Gasteiger partial charge in [0, 0.05) is 13.0 Å². The van der Waals surface area contributed by atoms with Gasteiger partial charge in [0.15, 0.2) is 0 Å². The van der Waals surface area contributed by atoms with Gasteiger partial charge in [0.05, 0.1) is 24.4 Å². The van der Waals surface area contributed by atoms with Crippen LogP contribution in [0.5, 0.6) is 0 Å². The van der Waals surface area contributed by atoms with Crippen molar-refractivity contribution in [3.63, 3.8) is 0 Å². The Morgan fingerprint density at radius 3 is 2.74 bits per heavy atom. The third kappa shape index (κ3) is 2.28. The molecule has 2 rings (SSSR count). The minimum absolute atomic E-state index is 0.0872. The van der Waals surface area contributed by atoms with Crippen LogP contribution in [-0.4, -0.2) is 25.5 Å². The van der Waals surface area contributed by atoms with E-state index in [9.17, 15) is 9.59 Å². The summed E-state index contributed by atoms with van der Waals surface area (Å²) in [5.74, 6) is -0.840. The van der Waals surface area contributed by atoms with Gasteiger partial charge in [0.2, 0.25) is 5.91 Å². The van der Waals surface area contributed by atoms with Gasteiger partial charge in [-0.05, 0) is 31.0 Å². The highest BCUT2D eigenvalue weighted by atomic mass is 16.5. The summed E-state index contributed by atoms with van der Waals surface area (Å²) in [6.45, 7) is 4.23. The largest absolute Gasteiger partial charge is 0.469 e. The lowest BCUT2D eigenvalue weighted by Crippen LogP contribution is -2.28. The molecule has 1 aliphatic rings. The number of nitrogen functional groups attached to an aromatic ring is 1. The fraction of sp³-hybridized carbons (Fsp3) is 0.429. The van der Waals surface area contributed by atoms with Crippen LogP contribution in [0.2, 0.25) is 0 Å². The van der Waals surface area contributed by atoms with Crippen molar-refractivity contribution < 1.29 is 14.3 Å². The van der Waals surface area contributed by atoms with E-state index in [1.165, 1.54) is 7.11 Å². The third-order valence-corrected chi connectivity index (χ3v) is 3.66. The van der Waals surface area contributed by atoms with E-state index in [4.69, 9.17) is 10.5 Å². The Morgan fingerprint density at radius 2 is 2.11 bits per heavy atom. The smallest absolute Gasteiger partial charge is 0.311 e. The summed E-state index contributed by atoms with van der Waals surface area (Å²) in [6, 6.07) is 3.71. The lowest BCUT2D eigenvalue weighted by molar-refractivity contribution is -0.145. The third-order valence-electron chi connectivity index (χ3n) is 3.66. The molecular weight excluding hydrogens is 244 g/mol. The van der Waals surface area contributed by atoms with Gasteiger partial charge in [-0.3, -0.25) is 9.59 Å². The van der Waals surface area contributed by atoms with E-state index in [0.29, 0.717) is 12.2 Å².